The molecule has 164 valence electrons. The van der Waals surface area contributed by atoms with E-state index in [0.29, 0.717) is 31.1 Å². The number of carbonyl (C=O) groups is 1. The van der Waals surface area contributed by atoms with Crippen molar-refractivity contribution in [3.05, 3.63) is 29.5 Å². The van der Waals surface area contributed by atoms with Gasteiger partial charge in [0.1, 0.15) is 16.2 Å². The van der Waals surface area contributed by atoms with E-state index in [1.807, 2.05) is 20.8 Å². The molecule has 1 aliphatic heterocycles. The van der Waals surface area contributed by atoms with Crippen molar-refractivity contribution in [1.29, 1.82) is 5.41 Å². The molecule has 1 aromatic rings. The molecule has 9 nitrogen and oxygen atoms in total. The fourth-order valence-corrected chi connectivity index (χ4v) is 3.92. The van der Waals surface area contributed by atoms with Crippen LogP contribution < -0.4 is 15.4 Å². The average Bonchev–Trinajstić information content (AvgIpc) is 2.67. The van der Waals surface area contributed by atoms with Crippen molar-refractivity contribution in [3.63, 3.8) is 0 Å². The van der Waals surface area contributed by atoms with Gasteiger partial charge in [-0.05, 0) is 30.9 Å². The lowest BCUT2D eigenvalue weighted by Gasteiger charge is -2.21. The van der Waals surface area contributed by atoms with E-state index in [9.17, 15) is 18.3 Å². The zero-order valence-electron chi connectivity index (χ0n) is 17.6. The molecule has 1 amide bonds. The normalized spacial score (nSPS) is 15.4. The van der Waals surface area contributed by atoms with Crippen molar-refractivity contribution in [3.8, 4) is 5.75 Å². The number of sulfonamides is 1. The van der Waals surface area contributed by atoms with E-state index in [2.05, 4.69) is 15.0 Å². The van der Waals surface area contributed by atoms with Gasteiger partial charge in [-0.2, -0.15) is 8.42 Å². The first-order valence-electron chi connectivity index (χ1n) is 9.70. The molecule has 1 aromatic carbocycles. The van der Waals surface area contributed by atoms with E-state index < -0.39 is 21.7 Å². The predicted molar refractivity (Wildman–Crippen MR) is 116 cm³/mol. The van der Waals surface area contributed by atoms with Crippen LogP contribution in [0.3, 0.4) is 0 Å². The standard InChI is InChI=1S/C20H28N4O5S/c1-5-6-14(21)18(25)17(20(26)22-10-9-12(2)3)19-23-15-8-7-13(29-4)11-16(15)30(27,28)24-19/h7-8,11-12,21,25H,5-6,9-10H2,1-4H3,(H,22,26)(H,23,24)/b18-17+,21-14?. The minimum absolute atomic E-state index is 0.103. The number of benzene rings is 1. The van der Waals surface area contributed by atoms with Gasteiger partial charge in [-0.1, -0.05) is 27.2 Å². The smallest absolute Gasteiger partial charge is 0.286 e. The maximum Gasteiger partial charge on any atom is 0.286 e. The minimum Gasteiger partial charge on any atom is -0.505 e. The summed E-state index contributed by atoms with van der Waals surface area (Å²) in [4.78, 5) is 12.7. The van der Waals surface area contributed by atoms with E-state index in [4.69, 9.17) is 10.1 Å². The summed E-state index contributed by atoms with van der Waals surface area (Å²) >= 11 is 0. The number of aliphatic hydroxyl groups is 1. The van der Waals surface area contributed by atoms with Gasteiger partial charge in [-0.15, -0.1) is 4.40 Å². The lowest BCUT2D eigenvalue weighted by atomic mass is 10.1. The third-order valence-electron chi connectivity index (χ3n) is 4.42. The van der Waals surface area contributed by atoms with Gasteiger partial charge in [0, 0.05) is 12.6 Å². The summed E-state index contributed by atoms with van der Waals surface area (Å²) in [7, 11) is -2.74. The lowest BCUT2D eigenvalue weighted by Crippen LogP contribution is -2.36. The van der Waals surface area contributed by atoms with Crippen LogP contribution in [-0.4, -0.2) is 44.6 Å². The van der Waals surface area contributed by atoms with E-state index in [1.54, 1.807) is 6.07 Å². The van der Waals surface area contributed by atoms with Crippen molar-refractivity contribution >= 4 is 33.2 Å². The molecule has 1 aliphatic rings. The molecule has 0 spiro atoms. The van der Waals surface area contributed by atoms with Crippen molar-refractivity contribution in [2.24, 2.45) is 10.3 Å². The second-order valence-corrected chi connectivity index (χ2v) is 8.87. The first kappa shape index (κ1) is 23.4. The number of nitrogens with one attached hydrogen (secondary N) is 3. The minimum atomic E-state index is -4.16. The Hall–Kier alpha value is -2.88. The molecule has 0 radical (unpaired) electrons. The molecule has 0 saturated carbocycles. The van der Waals surface area contributed by atoms with E-state index in [0.717, 1.165) is 0 Å². The van der Waals surface area contributed by atoms with Gasteiger partial charge in [-0.25, -0.2) is 0 Å². The van der Waals surface area contributed by atoms with Crippen LogP contribution >= 0.6 is 0 Å². The van der Waals surface area contributed by atoms with Gasteiger partial charge in [0.2, 0.25) is 0 Å². The maximum atomic E-state index is 12.8. The molecule has 4 N–H and O–H groups in total. The highest BCUT2D eigenvalue weighted by Gasteiger charge is 2.32. The Balaban J connectivity index is 2.51. The number of ether oxygens (including phenoxy) is 1. The summed E-state index contributed by atoms with van der Waals surface area (Å²) in [6.45, 7) is 6.17. The van der Waals surface area contributed by atoms with Crippen LogP contribution in [0.25, 0.3) is 0 Å². The van der Waals surface area contributed by atoms with Crippen molar-refractivity contribution < 1.29 is 23.1 Å². The summed E-state index contributed by atoms with van der Waals surface area (Å²) in [6, 6.07) is 4.38. The molecule has 0 unspecified atom stereocenters. The topological polar surface area (TPSA) is 141 Å². The Kier molecular flexibility index (Phi) is 7.60. The van der Waals surface area contributed by atoms with Gasteiger partial charge >= 0.3 is 0 Å². The van der Waals surface area contributed by atoms with Gasteiger partial charge in [0.05, 0.1) is 18.5 Å². The van der Waals surface area contributed by atoms with E-state index >= 15 is 0 Å². The Labute approximate surface area is 176 Å². The number of hydrogen-bond donors (Lipinski definition) is 4. The zero-order chi connectivity index (χ0) is 22.5. The summed E-state index contributed by atoms with van der Waals surface area (Å²) in [5, 5.41) is 24.1. The summed E-state index contributed by atoms with van der Waals surface area (Å²) < 4.78 is 34.2. The first-order valence-corrected chi connectivity index (χ1v) is 11.1. The maximum absolute atomic E-state index is 12.8. The van der Waals surface area contributed by atoms with Crippen LogP contribution in [0.2, 0.25) is 0 Å². The molecule has 2 rings (SSSR count). The fourth-order valence-electron chi connectivity index (χ4n) is 2.78. The molecular formula is C20H28N4O5S. The molecule has 0 atom stereocenters. The first-order chi connectivity index (χ1) is 14.1. The second kappa shape index (κ2) is 9.75. The van der Waals surface area contributed by atoms with Crippen LogP contribution in [0, 0.1) is 11.3 Å². The monoisotopic (exact) mass is 436 g/mol. The summed E-state index contributed by atoms with van der Waals surface area (Å²) in [5.41, 5.74) is -0.348. The Morgan fingerprint density at radius 1 is 1.37 bits per heavy atom. The Morgan fingerprint density at radius 3 is 2.67 bits per heavy atom. The Bertz CT molecular complexity index is 996. The van der Waals surface area contributed by atoms with Crippen LogP contribution in [0.1, 0.15) is 40.0 Å². The Morgan fingerprint density at radius 2 is 2.07 bits per heavy atom. The molecule has 0 bridgehead atoms. The quantitative estimate of drug-likeness (QED) is 0.266. The molecule has 0 aromatic heterocycles. The average molecular weight is 437 g/mol. The number of carbonyl (C=O) groups excluding carboxylic acids is 1. The number of anilines is 1. The van der Waals surface area contributed by atoms with Crippen LogP contribution in [0.15, 0.2) is 38.8 Å². The highest BCUT2D eigenvalue weighted by atomic mass is 32.2. The lowest BCUT2D eigenvalue weighted by molar-refractivity contribution is -0.117. The van der Waals surface area contributed by atoms with Crippen LogP contribution in [0.5, 0.6) is 5.75 Å². The zero-order valence-corrected chi connectivity index (χ0v) is 18.4. The highest BCUT2D eigenvalue weighted by Crippen LogP contribution is 2.32. The number of methoxy groups -OCH3 is 1. The fraction of sp³-hybridized carbons (Fsp3) is 0.450. The predicted octanol–water partition coefficient (Wildman–Crippen LogP) is 3.00. The highest BCUT2D eigenvalue weighted by molar-refractivity contribution is 7.90. The van der Waals surface area contributed by atoms with Gasteiger partial charge < -0.3 is 25.9 Å². The SMILES string of the molecule is CCCC(=N)/C(O)=C(\C(=O)NCCC(C)C)C1=NS(=O)(=O)c2cc(OC)ccc2N1. The largest absolute Gasteiger partial charge is 0.505 e. The van der Waals surface area contributed by atoms with Gasteiger partial charge in [0.25, 0.3) is 15.9 Å². The molecule has 10 heteroatoms. The number of hydrogen-bond acceptors (Lipinski definition) is 7. The van der Waals surface area contributed by atoms with Crippen molar-refractivity contribution in [1.82, 2.24) is 5.32 Å². The molecular weight excluding hydrogens is 408 g/mol. The molecule has 0 fully saturated rings. The molecule has 1 heterocycles. The molecule has 30 heavy (non-hydrogen) atoms. The number of amidine groups is 1. The van der Waals surface area contributed by atoms with E-state index in [1.165, 1.54) is 19.2 Å². The van der Waals surface area contributed by atoms with Crippen LogP contribution in [-0.2, 0) is 14.8 Å². The number of amides is 1. The number of nitrogens with zero attached hydrogens (tertiary/aromatic N) is 1. The third kappa shape index (κ3) is 5.38. The van der Waals surface area contributed by atoms with E-state index in [-0.39, 0.29) is 34.1 Å². The number of rotatable bonds is 9. The number of aliphatic hydroxyl groups excluding tert-OH is 1. The second-order valence-electron chi connectivity index (χ2n) is 7.29. The van der Waals surface area contributed by atoms with Gasteiger partial charge in [0.15, 0.2) is 11.6 Å². The number of allylic oxidation sites excluding steroid dienone is 1. The summed E-state index contributed by atoms with van der Waals surface area (Å²) in [5.74, 6) is -0.942. The molecule has 0 aliphatic carbocycles. The van der Waals surface area contributed by atoms with Gasteiger partial charge in [-0.3, -0.25) is 4.79 Å². The van der Waals surface area contributed by atoms with Crippen molar-refractivity contribution in [2.45, 2.75) is 44.9 Å². The number of fused-ring (bicyclic) bond motifs is 1. The van der Waals surface area contributed by atoms with Crippen molar-refractivity contribution in [2.75, 3.05) is 19.0 Å². The summed E-state index contributed by atoms with van der Waals surface area (Å²) in [6.07, 6.45) is 1.50. The molecule has 0 saturated heterocycles. The third-order valence-corrected chi connectivity index (χ3v) is 5.74. The van der Waals surface area contributed by atoms with Crippen LogP contribution in [0.4, 0.5) is 5.69 Å².